The van der Waals surface area contributed by atoms with Gasteiger partial charge in [0.1, 0.15) is 11.4 Å². The van der Waals surface area contributed by atoms with Crippen molar-refractivity contribution in [2.45, 2.75) is 6.18 Å². The van der Waals surface area contributed by atoms with Gasteiger partial charge in [-0.15, -0.1) is 0 Å². The number of pyridine rings is 1. The first-order valence-electron chi connectivity index (χ1n) is 3.16. The van der Waals surface area contributed by atoms with Crippen molar-refractivity contribution in [1.29, 1.82) is 0 Å². The zero-order valence-corrected chi connectivity index (χ0v) is 6.17. The molecule has 0 spiro atoms. The number of hydrogen-bond acceptors (Lipinski definition) is 3. The Kier molecular flexibility index (Phi) is 2.22. The Bertz CT molecular complexity index is 335. The minimum atomic E-state index is -4.56. The molecule has 1 aromatic heterocycles. The summed E-state index contributed by atoms with van der Waals surface area (Å²) in [5, 5.41) is 8.86. The van der Waals surface area contributed by atoms with E-state index in [0.717, 1.165) is 0 Å². The maximum atomic E-state index is 12.0. The van der Waals surface area contributed by atoms with E-state index in [2.05, 4.69) is 4.98 Å². The van der Waals surface area contributed by atoms with Crippen molar-refractivity contribution in [2.75, 3.05) is 0 Å². The van der Waals surface area contributed by atoms with Crippen LogP contribution in [0, 0.1) is 0 Å². The van der Waals surface area contributed by atoms with Gasteiger partial charge >= 0.3 is 6.18 Å². The molecule has 0 unspecified atom stereocenters. The van der Waals surface area contributed by atoms with E-state index in [1.165, 1.54) is 0 Å². The minimum absolute atomic E-state index is 0.176. The van der Waals surface area contributed by atoms with Crippen LogP contribution in [0.1, 0.15) is 16.1 Å². The molecular weight excluding hydrogens is 187 g/mol. The van der Waals surface area contributed by atoms with Crippen molar-refractivity contribution in [3.05, 3.63) is 23.5 Å². The summed E-state index contributed by atoms with van der Waals surface area (Å²) >= 11 is 0. The second-order valence-corrected chi connectivity index (χ2v) is 2.24. The smallest absolute Gasteiger partial charge is 0.418 e. The summed E-state index contributed by atoms with van der Waals surface area (Å²) in [6.45, 7) is 0. The third-order valence-corrected chi connectivity index (χ3v) is 1.34. The maximum Gasteiger partial charge on any atom is 0.418 e. The molecule has 0 fully saturated rings. The minimum Gasteiger partial charge on any atom is -0.506 e. The lowest BCUT2D eigenvalue weighted by Gasteiger charge is -2.06. The largest absolute Gasteiger partial charge is 0.506 e. The van der Waals surface area contributed by atoms with Crippen molar-refractivity contribution >= 4 is 6.29 Å². The standard InChI is InChI=1S/C7H4F3NO2/c8-7(9,10)4-1-6(13)5(3-12)11-2-4/h1-3,13H. The van der Waals surface area contributed by atoms with Crippen molar-refractivity contribution in [2.24, 2.45) is 0 Å². The Morgan fingerprint density at radius 1 is 1.46 bits per heavy atom. The zero-order valence-electron chi connectivity index (χ0n) is 6.17. The molecule has 0 amide bonds. The number of halogens is 3. The molecular formula is C7H4F3NO2. The Hall–Kier alpha value is -1.59. The summed E-state index contributed by atoms with van der Waals surface area (Å²) in [5.74, 6) is -0.773. The lowest BCUT2D eigenvalue weighted by molar-refractivity contribution is -0.138. The molecule has 0 saturated heterocycles. The van der Waals surface area contributed by atoms with Crippen molar-refractivity contribution in [3.8, 4) is 5.75 Å². The average molecular weight is 191 g/mol. The fourth-order valence-corrected chi connectivity index (χ4v) is 0.710. The summed E-state index contributed by atoms with van der Waals surface area (Å²) < 4.78 is 35.9. The summed E-state index contributed by atoms with van der Waals surface area (Å²) in [4.78, 5) is 13.2. The third-order valence-electron chi connectivity index (χ3n) is 1.34. The first-order chi connectivity index (χ1) is 5.95. The highest BCUT2D eigenvalue weighted by molar-refractivity contribution is 5.75. The highest BCUT2D eigenvalue weighted by Gasteiger charge is 2.31. The van der Waals surface area contributed by atoms with E-state index < -0.39 is 23.2 Å². The molecule has 1 aromatic rings. The van der Waals surface area contributed by atoms with Gasteiger partial charge in [0.15, 0.2) is 6.29 Å². The second kappa shape index (κ2) is 3.04. The number of carbonyl (C=O) groups excluding carboxylic acids is 1. The molecule has 6 heteroatoms. The Labute approximate surface area is 70.8 Å². The molecule has 1 rings (SSSR count). The van der Waals surface area contributed by atoms with Gasteiger partial charge in [0.05, 0.1) is 5.56 Å². The molecule has 0 aliphatic heterocycles. The maximum absolute atomic E-state index is 12.0. The predicted molar refractivity (Wildman–Crippen MR) is 36.3 cm³/mol. The number of alkyl halides is 3. The Morgan fingerprint density at radius 3 is 2.46 bits per heavy atom. The lowest BCUT2D eigenvalue weighted by atomic mass is 10.2. The molecule has 13 heavy (non-hydrogen) atoms. The molecule has 1 N–H and O–H groups in total. The average Bonchev–Trinajstić information content (AvgIpc) is 2.02. The van der Waals surface area contributed by atoms with Gasteiger partial charge in [-0.25, -0.2) is 4.98 Å². The Morgan fingerprint density at radius 2 is 2.08 bits per heavy atom. The monoisotopic (exact) mass is 191 g/mol. The fraction of sp³-hybridized carbons (Fsp3) is 0.143. The highest BCUT2D eigenvalue weighted by Crippen LogP contribution is 2.30. The van der Waals surface area contributed by atoms with Gasteiger partial charge in [-0.3, -0.25) is 4.79 Å². The molecule has 70 valence electrons. The SMILES string of the molecule is O=Cc1ncc(C(F)(F)F)cc1O. The highest BCUT2D eigenvalue weighted by atomic mass is 19.4. The molecule has 1 heterocycles. The van der Waals surface area contributed by atoms with E-state index >= 15 is 0 Å². The number of nitrogens with zero attached hydrogens (tertiary/aromatic N) is 1. The van der Waals surface area contributed by atoms with Crippen LogP contribution in [-0.4, -0.2) is 16.4 Å². The van der Waals surface area contributed by atoms with Crippen LogP contribution in [0.15, 0.2) is 12.3 Å². The molecule has 0 radical (unpaired) electrons. The number of aldehydes is 1. The summed E-state index contributed by atoms with van der Waals surface area (Å²) in [7, 11) is 0. The molecule has 0 bridgehead atoms. The fourth-order valence-electron chi connectivity index (χ4n) is 0.710. The van der Waals surface area contributed by atoms with Gasteiger partial charge in [-0.05, 0) is 6.07 Å². The van der Waals surface area contributed by atoms with Gasteiger partial charge < -0.3 is 5.11 Å². The quantitative estimate of drug-likeness (QED) is 0.686. The van der Waals surface area contributed by atoms with Gasteiger partial charge in [-0.1, -0.05) is 0 Å². The first-order valence-corrected chi connectivity index (χ1v) is 3.16. The molecule has 0 aromatic carbocycles. The van der Waals surface area contributed by atoms with E-state index in [1.54, 1.807) is 0 Å². The van der Waals surface area contributed by atoms with Crippen LogP contribution in [0.5, 0.6) is 5.75 Å². The van der Waals surface area contributed by atoms with Crippen LogP contribution in [0.2, 0.25) is 0 Å². The van der Waals surface area contributed by atoms with Crippen LogP contribution >= 0.6 is 0 Å². The third kappa shape index (κ3) is 1.95. The number of hydrogen-bond donors (Lipinski definition) is 1. The van der Waals surface area contributed by atoms with Crippen molar-refractivity contribution < 1.29 is 23.1 Å². The molecule has 0 aliphatic carbocycles. The van der Waals surface area contributed by atoms with Crippen LogP contribution in [0.4, 0.5) is 13.2 Å². The van der Waals surface area contributed by atoms with Crippen LogP contribution in [0.3, 0.4) is 0 Å². The molecule has 0 saturated carbocycles. The van der Waals surface area contributed by atoms with Crippen LogP contribution < -0.4 is 0 Å². The van der Waals surface area contributed by atoms with E-state index in [9.17, 15) is 18.0 Å². The first kappa shape index (κ1) is 9.50. The van der Waals surface area contributed by atoms with Crippen molar-refractivity contribution in [1.82, 2.24) is 4.98 Å². The van der Waals surface area contributed by atoms with E-state index in [-0.39, 0.29) is 6.29 Å². The lowest BCUT2D eigenvalue weighted by Crippen LogP contribution is -2.06. The number of carbonyl (C=O) groups is 1. The summed E-state index contributed by atoms with van der Waals surface area (Å²) in [6, 6.07) is 0.455. The molecule has 0 atom stereocenters. The van der Waals surface area contributed by atoms with E-state index in [4.69, 9.17) is 5.11 Å². The normalized spacial score (nSPS) is 11.3. The topological polar surface area (TPSA) is 50.2 Å². The molecule has 3 nitrogen and oxygen atoms in total. The zero-order chi connectivity index (χ0) is 10.1. The van der Waals surface area contributed by atoms with Crippen LogP contribution in [-0.2, 0) is 6.18 Å². The van der Waals surface area contributed by atoms with Gasteiger partial charge in [0, 0.05) is 6.20 Å². The molecule has 0 aliphatic rings. The summed E-state index contributed by atoms with van der Waals surface area (Å²) in [6.07, 6.45) is -3.90. The van der Waals surface area contributed by atoms with Crippen molar-refractivity contribution in [3.63, 3.8) is 0 Å². The predicted octanol–water partition coefficient (Wildman–Crippen LogP) is 1.62. The number of rotatable bonds is 1. The Balaban J connectivity index is 3.17. The number of aromatic hydroxyl groups is 1. The van der Waals surface area contributed by atoms with Gasteiger partial charge in [-0.2, -0.15) is 13.2 Å². The van der Waals surface area contributed by atoms with E-state index in [0.29, 0.717) is 12.3 Å². The van der Waals surface area contributed by atoms with Gasteiger partial charge in [0.25, 0.3) is 0 Å². The number of aromatic nitrogens is 1. The van der Waals surface area contributed by atoms with Gasteiger partial charge in [0.2, 0.25) is 0 Å². The second-order valence-electron chi connectivity index (χ2n) is 2.24. The van der Waals surface area contributed by atoms with Crippen LogP contribution in [0.25, 0.3) is 0 Å². The van der Waals surface area contributed by atoms with E-state index in [1.807, 2.05) is 0 Å². The summed E-state index contributed by atoms with van der Waals surface area (Å²) in [5.41, 5.74) is -1.50.